The van der Waals surface area contributed by atoms with E-state index >= 15 is 0 Å². The van der Waals surface area contributed by atoms with Crippen LogP contribution < -0.4 is 15.4 Å². The molecule has 2 amide bonds. The van der Waals surface area contributed by atoms with Crippen LogP contribution in [0.4, 0.5) is 11.4 Å². The van der Waals surface area contributed by atoms with E-state index in [2.05, 4.69) is 4.90 Å². The summed E-state index contributed by atoms with van der Waals surface area (Å²) >= 11 is 0. The van der Waals surface area contributed by atoms with Gasteiger partial charge in [-0.2, -0.15) is 0 Å². The molecular weight excluding hydrogens is 318 g/mol. The fourth-order valence-electron chi connectivity index (χ4n) is 3.42. The van der Waals surface area contributed by atoms with Gasteiger partial charge in [-0.25, -0.2) is 0 Å². The minimum atomic E-state index is -0.223. The molecule has 0 radical (unpaired) electrons. The predicted molar refractivity (Wildman–Crippen MR) is 95.0 cm³/mol. The molecule has 2 aromatic rings. The number of hydrogen-bond donors (Lipinski definition) is 1. The molecule has 0 saturated carbocycles. The maximum atomic E-state index is 12.5. The average molecular weight is 337 g/mol. The van der Waals surface area contributed by atoms with Crippen LogP contribution in [0.25, 0.3) is 0 Å². The smallest absolute Gasteiger partial charge is 0.261 e. The van der Waals surface area contributed by atoms with Gasteiger partial charge in [0.05, 0.1) is 23.4 Å². The lowest BCUT2D eigenvalue weighted by molar-refractivity contribution is 0.0657. The molecule has 0 spiro atoms. The Labute approximate surface area is 145 Å². The number of nitrogens with zero attached hydrogens (tertiary/aromatic N) is 2. The van der Waals surface area contributed by atoms with Crippen LogP contribution in [0.5, 0.6) is 5.75 Å². The summed E-state index contributed by atoms with van der Waals surface area (Å²) in [7, 11) is 0. The van der Waals surface area contributed by atoms with Gasteiger partial charge in [-0.3, -0.25) is 14.5 Å². The van der Waals surface area contributed by atoms with Gasteiger partial charge < -0.3 is 15.4 Å². The zero-order chi connectivity index (χ0) is 17.6. The van der Waals surface area contributed by atoms with Crippen molar-refractivity contribution in [3.05, 3.63) is 53.6 Å². The van der Waals surface area contributed by atoms with Crippen LogP contribution in [0.15, 0.2) is 42.5 Å². The van der Waals surface area contributed by atoms with E-state index in [4.69, 9.17) is 10.5 Å². The minimum Gasteiger partial charge on any atom is -0.487 e. The number of nitrogen functional groups attached to an aromatic ring is 1. The van der Waals surface area contributed by atoms with Gasteiger partial charge >= 0.3 is 0 Å². The number of rotatable bonds is 3. The molecule has 2 aliphatic heterocycles. The van der Waals surface area contributed by atoms with Crippen molar-refractivity contribution in [3.8, 4) is 5.75 Å². The van der Waals surface area contributed by atoms with Gasteiger partial charge in [0.15, 0.2) is 0 Å². The third kappa shape index (κ3) is 2.59. The monoisotopic (exact) mass is 337 g/mol. The number of nitrogens with two attached hydrogens (primary N) is 1. The maximum absolute atomic E-state index is 12.5. The van der Waals surface area contributed by atoms with Crippen LogP contribution in [0.3, 0.4) is 0 Å². The van der Waals surface area contributed by atoms with Crippen molar-refractivity contribution in [2.75, 3.05) is 30.3 Å². The highest BCUT2D eigenvalue weighted by Crippen LogP contribution is 2.35. The zero-order valence-corrected chi connectivity index (χ0v) is 13.9. The SMILES string of the molecule is CC1CN(CCN2C(=O)c3ccccc3C2=O)c2ccc(N)cc2O1. The summed E-state index contributed by atoms with van der Waals surface area (Å²) in [6.07, 6.45) is 0.0106. The van der Waals surface area contributed by atoms with Gasteiger partial charge in [-0.15, -0.1) is 0 Å². The quantitative estimate of drug-likeness (QED) is 0.686. The van der Waals surface area contributed by atoms with Crippen LogP contribution in [0, 0.1) is 0 Å². The molecule has 2 heterocycles. The Morgan fingerprint density at radius 2 is 1.76 bits per heavy atom. The van der Waals surface area contributed by atoms with E-state index in [1.165, 1.54) is 4.90 Å². The zero-order valence-electron chi connectivity index (χ0n) is 13.9. The molecule has 1 unspecified atom stereocenters. The Balaban J connectivity index is 1.53. The molecule has 0 fully saturated rings. The van der Waals surface area contributed by atoms with E-state index in [9.17, 15) is 9.59 Å². The Bertz CT molecular complexity index is 830. The molecule has 25 heavy (non-hydrogen) atoms. The average Bonchev–Trinajstić information content (AvgIpc) is 2.83. The summed E-state index contributed by atoms with van der Waals surface area (Å²) in [6.45, 7) is 3.57. The summed E-state index contributed by atoms with van der Waals surface area (Å²) < 4.78 is 5.84. The molecular formula is C19H19N3O3. The lowest BCUT2D eigenvalue weighted by atomic mass is 10.1. The number of carbonyl (C=O) groups excluding carboxylic acids is 2. The van der Waals surface area contributed by atoms with Crippen molar-refractivity contribution >= 4 is 23.2 Å². The number of anilines is 2. The van der Waals surface area contributed by atoms with Gasteiger partial charge in [-0.05, 0) is 31.2 Å². The van der Waals surface area contributed by atoms with E-state index in [0.29, 0.717) is 36.4 Å². The largest absolute Gasteiger partial charge is 0.487 e. The van der Waals surface area contributed by atoms with Crippen LogP contribution >= 0.6 is 0 Å². The summed E-state index contributed by atoms with van der Waals surface area (Å²) in [6, 6.07) is 12.5. The Hall–Kier alpha value is -3.02. The van der Waals surface area contributed by atoms with E-state index in [1.54, 1.807) is 30.3 Å². The van der Waals surface area contributed by atoms with Crippen molar-refractivity contribution in [3.63, 3.8) is 0 Å². The number of ether oxygens (including phenoxy) is 1. The molecule has 2 aromatic carbocycles. The predicted octanol–water partition coefficient (Wildman–Crippen LogP) is 2.15. The number of benzene rings is 2. The van der Waals surface area contributed by atoms with Gasteiger partial charge in [0, 0.05) is 24.8 Å². The highest BCUT2D eigenvalue weighted by molar-refractivity contribution is 6.21. The van der Waals surface area contributed by atoms with Gasteiger partial charge in [-0.1, -0.05) is 12.1 Å². The van der Waals surface area contributed by atoms with Gasteiger partial charge in [0.1, 0.15) is 11.9 Å². The highest BCUT2D eigenvalue weighted by Gasteiger charge is 2.35. The first-order valence-electron chi connectivity index (χ1n) is 8.31. The molecule has 4 rings (SSSR count). The summed E-state index contributed by atoms with van der Waals surface area (Å²) in [5, 5.41) is 0. The fourth-order valence-corrected chi connectivity index (χ4v) is 3.42. The van der Waals surface area contributed by atoms with E-state index in [0.717, 1.165) is 11.4 Å². The molecule has 6 heteroatoms. The summed E-state index contributed by atoms with van der Waals surface area (Å²) in [5.74, 6) is 0.292. The molecule has 0 aromatic heterocycles. The Kier molecular flexibility index (Phi) is 3.60. The molecule has 0 bridgehead atoms. The number of fused-ring (bicyclic) bond motifs is 2. The standard InChI is InChI=1S/C19H19N3O3/c1-12-11-21(16-7-6-13(20)10-17(16)25-12)8-9-22-18(23)14-4-2-3-5-15(14)19(22)24/h2-7,10,12H,8-9,11,20H2,1H3. The van der Waals surface area contributed by atoms with Crippen molar-refractivity contribution < 1.29 is 14.3 Å². The second-order valence-electron chi connectivity index (χ2n) is 6.41. The molecule has 2 N–H and O–H groups in total. The van der Waals surface area contributed by atoms with Crippen molar-refractivity contribution in [1.82, 2.24) is 4.90 Å². The third-order valence-electron chi connectivity index (χ3n) is 4.60. The van der Waals surface area contributed by atoms with E-state index in [-0.39, 0.29) is 17.9 Å². The Morgan fingerprint density at radius 1 is 1.08 bits per heavy atom. The number of amides is 2. The normalized spacial score (nSPS) is 18.8. The molecule has 6 nitrogen and oxygen atoms in total. The van der Waals surface area contributed by atoms with E-state index in [1.807, 2.05) is 19.1 Å². The first-order valence-corrected chi connectivity index (χ1v) is 8.31. The third-order valence-corrected chi connectivity index (χ3v) is 4.60. The Morgan fingerprint density at radius 3 is 2.44 bits per heavy atom. The molecule has 128 valence electrons. The maximum Gasteiger partial charge on any atom is 0.261 e. The first kappa shape index (κ1) is 15.5. The number of imide groups is 1. The van der Waals surface area contributed by atoms with E-state index < -0.39 is 0 Å². The summed E-state index contributed by atoms with van der Waals surface area (Å²) in [5.41, 5.74) is 8.38. The number of carbonyl (C=O) groups is 2. The summed E-state index contributed by atoms with van der Waals surface area (Å²) in [4.78, 5) is 28.4. The second-order valence-corrected chi connectivity index (χ2v) is 6.41. The minimum absolute atomic E-state index is 0.0106. The topological polar surface area (TPSA) is 75.9 Å². The first-order chi connectivity index (χ1) is 12.0. The van der Waals surface area contributed by atoms with Gasteiger partial charge in [0.25, 0.3) is 11.8 Å². The lowest BCUT2D eigenvalue weighted by Crippen LogP contribution is -2.44. The molecule has 0 aliphatic carbocycles. The van der Waals surface area contributed by atoms with Crippen molar-refractivity contribution in [2.24, 2.45) is 0 Å². The second kappa shape index (κ2) is 5.81. The van der Waals surface area contributed by atoms with Crippen LogP contribution in [0.1, 0.15) is 27.6 Å². The fraction of sp³-hybridized carbons (Fsp3) is 0.263. The van der Waals surface area contributed by atoms with Crippen molar-refractivity contribution in [2.45, 2.75) is 13.0 Å². The molecule has 0 saturated heterocycles. The van der Waals surface area contributed by atoms with Crippen LogP contribution in [0.2, 0.25) is 0 Å². The highest BCUT2D eigenvalue weighted by atomic mass is 16.5. The van der Waals surface area contributed by atoms with Gasteiger partial charge in [0.2, 0.25) is 0 Å². The number of hydrogen-bond acceptors (Lipinski definition) is 5. The van der Waals surface area contributed by atoms with Crippen LogP contribution in [-0.2, 0) is 0 Å². The van der Waals surface area contributed by atoms with Crippen molar-refractivity contribution in [1.29, 1.82) is 0 Å². The molecule has 1 atom stereocenters. The van der Waals surface area contributed by atoms with Crippen LogP contribution in [-0.4, -0.2) is 42.5 Å². The lowest BCUT2D eigenvalue weighted by Gasteiger charge is -2.35. The molecule has 2 aliphatic rings.